The minimum atomic E-state index is 1.08. The number of hydrogen-bond acceptors (Lipinski definition) is 0. The highest BCUT2D eigenvalue weighted by atomic mass is 15.0. The second-order valence-corrected chi connectivity index (χ2v) is 7.84. The smallest absolute Gasteiger partial charge is 0.156 e. The first-order chi connectivity index (χ1) is 15.1. The van der Waals surface area contributed by atoms with E-state index in [4.69, 9.17) is 0 Å². The molecule has 0 N–H and O–H groups in total. The lowest BCUT2D eigenvalue weighted by Gasteiger charge is -2.24. The van der Waals surface area contributed by atoms with E-state index in [2.05, 4.69) is 106 Å². The molecule has 5 rings (SSSR count). The van der Waals surface area contributed by atoms with Gasteiger partial charge in [0.05, 0.1) is 6.72 Å². The van der Waals surface area contributed by atoms with E-state index in [0.717, 1.165) is 11.7 Å². The lowest BCUT2D eigenvalue weighted by molar-refractivity contribution is -0.486. The van der Waals surface area contributed by atoms with Crippen molar-refractivity contribution in [2.75, 3.05) is 0 Å². The Kier molecular flexibility index (Phi) is 4.68. The van der Waals surface area contributed by atoms with Gasteiger partial charge in [-0.25, -0.2) is 4.24 Å². The third-order valence-electron chi connectivity index (χ3n) is 5.92. The van der Waals surface area contributed by atoms with Crippen molar-refractivity contribution in [3.05, 3.63) is 132 Å². The van der Waals surface area contributed by atoms with Crippen LogP contribution in [0.4, 0.5) is 0 Å². The van der Waals surface area contributed by atoms with Gasteiger partial charge < -0.3 is 0 Å². The molecule has 31 heavy (non-hydrogen) atoms. The SMILES string of the molecule is C=[N+]1C=CC=C[C-]1c1cc(-c2ccccc2)cc(-c2c3c(cc[n+]2=C)=CC=C[CH-]3)c1C. The van der Waals surface area contributed by atoms with Gasteiger partial charge in [0, 0.05) is 0 Å². The summed E-state index contributed by atoms with van der Waals surface area (Å²) in [5, 5.41) is 1.20. The minimum Gasteiger partial charge on any atom is -0.255 e. The molecule has 2 heterocycles. The molecule has 1 aliphatic heterocycles. The Hall–Kier alpha value is -4.04. The summed E-state index contributed by atoms with van der Waals surface area (Å²) in [6.45, 7) is 10.7. The average molecular weight is 401 g/mol. The van der Waals surface area contributed by atoms with Crippen LogP contribution in [0.1, 0.15) is 16.7 Å². The molecule has 1 aliphatic carbocycles. The predicted molar refractivity (Wildman–Crippen MR) is 128 cm³/mol. The number of aromatic nitrogens is 1. The number of pyridine rings is 1. The molecule has 2 aliphatic rings. The van der Waals surface area contributed by atoms with Crippen molar-refractivity contribution in [2.45, 2.75) is 6.92 Å². The van der Waals surface area contributed by atoms with Crippen molar-refractivity contribution in [2.24, 2.45) is 0 Å². The van der Waals surface area contributed by atoms with Crippen LogP contribution >= 0.6 is 0 Å². The first-order valence-corrected chi connectivity index (χ1v) is 10.4. The van der Waals surface area contributed by atoms with E-state index in [1.165, 1.54) is 38.6 Å². The first kappa shape index (κ1) is 19.0. The maximum atomic E-state index is 4.31. The second-order valence-electron chi connectivity index (χ2n) is 7.84. The van der Waals surface area contributed by atoms with E-state index in [9.17, 15) is 0 Å². The van der Waals surface area contributed by atoms with E-state index < -0.39 is 0 Å². The molecule has 0 saturated heterocycles. The third-order valence-corrected chi connectivity index (χ3v) is 5.92. The van der Waals surface area contributed by atoms with Gasteiger partial charge in [-0.2, -0.15) is 0 Å². The molecule has 0 atom stereocenters. The van der Waals surface area contributed by atoms with Crippen LogP contribution in [-0.4, -0.2) is 11.3 Å². The molecule has 0 fully saturated rings. The molecular formula is C29H24N2. The number of fused-ring (bicyclic) bond motifs is 1. The highest BCUT2D eigenvalue weighted by Crippen LogP contribution is 2.36. The lowest BCUT2D eigenvalue weighted by Crippen LogP contribution is -2.26. The van der Waals surface area contributed by atoms with Crippen LogP contribution in [0, 0.1) is 26.1 Å². The summed E-state index contributed by atoms with van der Waals surface area (Å²) in [4.78, 5) is 0. The summed E-state index contributed by atoms with van der Waals surface area (Å²) < 4.78 is 3.91. The van der Waals surface area contributed by atoms with Crippen LogP contribution in [0.5, 0.6) is 0 Å². The number of nitrogens with zero attached hydrogens (tertiary/aromatic N) is 2. The summed E-state index contributed by atoms with van der Waals surface area (Å²) >= 11 is 0. The Balaban J connectivity index is 1.82. The zero-order valence-corrected chi connectivity index (χ0v) is 17.6. The van der Waals surface area contributed by atoms with Gasteiger partial charge in [-0.1, -0.05) is 71.8 Å². The van der Waals surface area contributed by atoms with Gasteiger partial charge in [-0.15, -0.1) is 30.7 Å². The van der Waals surface area contributed by atoms with Crippen LogP contribution in [-0.2, 0) is 0 Å². The van der Waals surface area contributed by atoms with E-state index in [1.54, 1.807) is 0 Å². The summed E-state index contributed by atoms with van der Waals surface area (Å²) in [5.74, 6) is 0. The van der Waals surface area contributed by atoms with Gasteiger partial charge in [0.15, 0.2) is 6.20 Å². The van der Waals surface area contributed by atoms with Crippen molar-refractivity contribution in [3.63, 3.8) is 0 Å². The van der Waals surface area contributed by atoms with Crippen LogP contribution in [0.25, 0.3) is 28.5 Å². The standard InChI is InChI=1S/C29H24N2/c1-21-26(28-15-9-10-17-30(28)2)19-24(22-11-5-4-6-12-22)20-27(21)29-25-14-8-7-13-23(25)16-18-31(29)3/h4-20H,2-3H2,1H3. The monoisotopic (exact) mass is 400 g/mol. The largest absolute Gasteiger partial charge is 0.255 e. The fourth-order valence-electron chi connectivity index (χ4n) is 4.30. The zero-order chi connectivity index (χ0) is 21.4. The number of hydrogen-bond donors (Lipinski definition) is 0. The van der Waals surface area contributed by atoms with Crippen molar-refractivity contribution in [1.82, 2.24) is 0 Å². The van der Waals surface area contributed by atoms with Crippen molar-refractivity contribution >= 4 is 12.8 Å². The van der Waals surface area contributed by atoms with E-state index in [1.807, 2.05) is 27.3 Å². The van der Waals surface area contributed by atoms with E-state index in [-0.39, 0.29) is 0 Å². The Morgan fingerprint density at radius 1 is 0.935 bits per heavy atom. The average Bonchev–Trinajstić information content (AvgIpc) is 2.81. The van der Waals surface area contributed by atoms with E-state index >= 15 is 0 Å². The molecule has 2 aromatic carbocycles. The molecule has 2 nitrogen and oxygen atoms in total. The number of allylic oxidation sites excluding steroid dienone is 4. The zero-order valence-electron chi connectivity index (χ0n) is 17.6. The minimum absolute atomic E-state index is 1.08. The Morgan fingerprint density at radius 3 is 2.58 bits per heavy atom. The maximum Gasteiger partial charge on any atom is 0.156 e. The van der Waals surface area contributed by atoms with Crippen molar-refractivity contribution in [1.29, 1.82) is 0 Å². The fraction of sp³-hybridized carbons (Fsp3) is 0.0345. The summed E-state index contributed by atoms with van der Waals surface area (Å²) in [6.07, 6.45) is 18.7. The molecule has 0 radical (unpaired) electrons. The Labute approximate surface area is 183 Å². The summed E-state index contributed by atoms with van der Waals surface area (Å²) in [7, 11) is 0. The molecule has 0 saturated carbocycles. The Morgan fingerprint density at radius 2 is 1.77 bits per heavy atom. The number of benzene rings is 2. The lowest BCUT2D eigenvalue weighted by atomic mass is 9.87. The molecular weight excluding hydrogens is 376 g/mol. The predicted octanol–water partition coefficient (Wildman–Crippen LogP) is 4.84. The van der Waals surface area contributed by atoms with Crippen LogP contribution < -0.4 is 9.46 Å². The normalized spacial score (nSPS) is 14.2. The van der Waals surface area contributed by atoms with Gasteiger partial charge >= 0.3 is 0 Å². The maximum absolute atomic E-state index is 4.31. The number of rotatable bonds is 3. The second kappa shape index (κ2) is 7.66. The van der Waals surface area contributed by atoms with Gasteiger partial charge in [0.1, 0.15) is 24.7 Å². The van der Waals surface area contributed by atoms with Crippen LogP contribution in [0.3, 0.4) is 0 Å². The fourth-order valence-corrected chi connectivity index (χ4v) is 4.30. The van der Waals surface area contributed by atoms with Gasteiger partial charge in [0.25, 0.3) is 0 Å². The molecule has 0 spiro atoms. The molecule has 1 aromatic heterocycles. The first-order valence-electron chi connectivity index (χ1n) is 10.4. The molecule has 150 valence electrons. The van der Waals surface area contributed by atoms with Crippen LogP contribution in [0.15, 0.2) is 91.3 Å². The summed E-state index contributed by atoms with van der Waals surface area (Å²) in [5.41, 5.74) is 8.21. The molecule has 0 amide bonds. The van der Waals surface area contributed by atoms with Crippen molar-refractivity contribution in [3.8, 4) is 22.4 Å². The molecule has 0 bridgehead atoms. The van der Waals surface area contributed by atoms with Gasteiger partial charge in [0.2, 0.25) is 0 Å². The van der Waals surface area contributed by atoms with Crippen molar-refractivity contribution < 1.29 is 8.82 Å². The highest BCUT2D eigenvalue weighted by Gasteiger charge is 2.21. The van der Waals surface area contributed by atoms with Gasteiger partial charge in [-0.3, -0.25) is 4.58 Å². The molecule has 3 aromatic rings. The van der Waals surface area contributed by atoms with Crippen LogP contribution in [0.2, 0.25) is 0 Å². The van der Waals surface area contributed by atoms with E-state index in [0.29, 0.717) is 0 Å². The van der Waals surface area contributed by atoms with Gasteiger partial charge in [-0.05, 0) is 34.4 Å². The highest BCUT2D eigenvalue weighted by molar-refractivity contribution is 5.78. The molecule has 2 heteroatoms. The quantitative estimate of drug-likeness (QED) is 0.440. The molecule has 0 unspecified atom stereocenters. The Bertz CT molecular complexity index is 1390. The topological polar surface area (TPSA) is 8.91 Å². The third kappa shape index (κ3) is 3.32. The summed E-state index contributed by atoms with van der Waals surface area (Å²) in [6, 6.07) is 18.3.